The molecule has 0 amide bonds. The molecule has 0 fully saturated rings. The summed E-state index contributed by atoms with van der Waals surface area (Å²) in [6, 6.07) is 5.89. The van der Waals surface area contributed by atoms with Crippen LogP contribution in [0.1, 0.15) is 28.7 Å². The van der Waals surface area contributed by atoms with Gasteiger partial charge in [-0.2, -0.15) is 0 Å². The second kappa shape index (κ2) is 4.41. The predicted molar refractivity (Wildman–Crippen MR) is 68.5 cm³/mol. The molecule has 0 aliphatic heterocycles. The summed E-state index contributed by atoms with van der Waals surface area (Å²) in [5.74, 6) is -0.0717. The topological polar surface area (TPSA) is 47.8 Å². The van der Waals surface area contributed by atoms with E-state index in [1.54, 1.807) is 4.68 Å². The van der Waals surface area contributed by atoms with Crippen LogP contribution in [0.15, 0.2) is 22.7 Å². The minimum absolute atomic E-state index is 0.0717. The number of hydrogen-bond donors (Lipinski definition) is 0. The number of aryl methyl sites for hydroxylation is 1. The molecule has 1 aromatic carbocycles. The molecule has 17 heavy (non-hydrogen) atoms. The van der Waals surface area contributed by atoms with Gasteiger partial charge in [0.25, 0.3) is 0 Å². The number of ketones is 1. The van der Waals surface area contributed by atoms with E-state index in [9.17, 15) is 4.79 Å². The summed E-state index contributed by atoms with van der Waals surface area (Å²) in [6.07, 6.45) is 0. The Bertz CT molecular complexity index is 589. The van der Waals surface area contributed by atoms with E-state index >= 15 is 0 Å². The first-order valence-corrected chi connectivity index (χ1v) is 6.00. The molecule has 0 spiro atoms. The van der Waals surface area contributed by atoms with Crippen LogP contribution in [-0.4, -0.2) is 20.8 Å². The summed E-state index contributed by atoms with van der Waals surface area (Å²) in [7, 11) is 0. The van der Waals surface area contributed by atoms with Crippen LogP contribution in [0.5, 0.6) is 0 Å². The van der Waals surface area contributed by atoms with Gasteiger partial charge in [-0.3, -0.25) is 4.79 Å². The highest BCUT2D eigenvalue weighted by Gasteiger charge is 2.15. The van der Waals surface area contributed by atoms with Gasteiger partial charge in [0.1, 0.15) is 0 Å². The van der Waals surface area contributed by atoms with Gasteiger partial charge in [-0.05, 0) is 41.4 Å². The van der Waals surface area contributed by atoms with E-state index in [2.05, 4.69) is 26.2 Å². The summed E-state index contributed by atoms with van der Waals surface area (Å²) < 4.78 is 2.64. The summed E-state index contributed by atoms with van der Waals surface area (Å²) >= 11 is 3.52. The molecule has 4 nitrogen and oxygen atoms in total. The Morgan fingerprint density at radius 1 is 1.35 bits per heavy atom. The molecule has 0 saturated carbocycles. The zero-order chi connectivity index (χ0) is 12.6. The molecule has 0 bridgehead atoms. The number of nitrogens with zero attached hydrogens (tertiary/aromatic N) is 3. The minimum Gasteiger partial charge on any atom is -0.293 e. The molecule has 0 aliphatic rings. The SMILES string of the molecule is CC(=O)c1nnn(-c2cccc(C)c2Br)c1C. The van der Waals surface area contributed by atoms with E-state index in [0.717, 1.165) is 21.4 Å². The summed E-state index contributed by atoms with van der Waals surface area (Å²) in [5.41, 5.74) is 3.17. The highest BCUT2D eigenvalue weighted by atomic mass is 79.9. The quantitative estimate of drug-likeness (QED) is 0.800. The van der Waals surface area contributed by atoms with Crippen LogP contribution in [0.2, 0.25) is 0 Å². The van der Waals surface area contributed by atoms with Crippen molar-refractivity contribution < 1.29 is 4.79 Å². The fourth-order valence-electron chi connectivity index (χ4n) is 1.68. The van der Waals surface area contributed by atoms with Crippen LogP contribution in [0.25, 0.3) is 5.69 Å². The van der Waals surface area contributed by atoms with Gasteiger partial charge in [0, 0.05) is 11.4 Å². The van der Waals surface area contributed by atoms with Crippen LogP contribution < -0.4 is 0 Å². The van der Waals surface area contributed by atoms with E-state index in [0.29, 0.717) is 5.69 Å². The molecule has 1 heterocycles. The van der Waals surface area contributed by atoms with Gasteiger partial charge in [-0.1, -0.05) is 17.3 Å². The number of benzene rings is 1. The summed E-state index contributed by atoms with van der Waals surface area (Å²) in [6.45, 7) is 5.34. The fraction of sp³-hybridized carbons (Fsp3) is 0.250. The lowest BCUT2D eigenvalue weighted by atomic mass is 10.2. The van der Waals surface area contributed by atoms with E-state index in [1.807, 2.05) is 32.0 Å². The molecular weight excluding hydrogens is 282 g/mol. The molecule has 0 atom stereocenters. The maximum absolute atomic E-state index is 11.3. The molecule has 5 heteroatoms. The van der Waals surface area contributed by atoms with Crippen LogP contribution in [0, 0.1) is 13.8 Å². The molecule has 0 N–H and O–H groups in total. The molecule has 0 saturated heterocycles. The lowest BCUT2D eigenvalue weighted by Crippen LogP contribution is -2.02. The Morgan fingerprint density at radius 2 is 2.06 bits per heavy atom. The number of aromatic nitrogens is 3. The van der Waals surface area contributed by atoms with Gasteiger partial charge in [-0.15, -0.1) is 5.10 Å². The number of carbonyl (C=O) groups excluding carboxylic acids is 1. The van der Waals surface area contributed by atoms with Crippen LogP contribution >= 0.6 is 15.9 Å². The van der Waals surface area contributed by atoms with Crippen molar-refractivity contribution in [3.05, 3.63) is 39.6 Å². The summed E-state index contributed by atoms with van der Waals surface area (Å²) in [5, 5.41) is 7.93. The standard InChI is InChI=1S/C12H12BrN3O/c1-7-5-4-6-10(11(7)13)16-8(2)12(9(3)17)14-15-16/h4-6H,1-3H3. The normalized spacial score (nSPS) is 10.6. The third kappa shape index (κ3) is 2.02. The molecule has 0 unspecified atom stereocenters. The predicted octanol–water partition coefficient (Wildman–Crippen LogP) is 2.85. The first-order valence-electron chi connectivity index (χ1n) is 5.21. The average molecular weight is 294 g/mol. The minimum atomic E-state index is -0.0717. The van der Waals surface area contributed by atoms with Crippen molar-refractivity contribution in [3.8, 4) is 5.69 Å². The first kappa shape index (κ1) is 12.0. The highest BCUT2D eigenvalue weighted by Crippen LogP contribution is 2.25. The van der Waals surface area contributed by atoms with Crippen molar-refractivity contribution in [2.24, 2.45) is 0 Å². The van der Waals surface area contributed by atoms with E-state index in [-0.39, 0.29) is 5.78 Å². The van der Waals surface area contributed by atoms with Crippen LogP contribution in [-0.2, 0) is 0 Å². The first-order chi connectivity index (χ1) is 8.02. The molecule has 0 radical (unpaired) electrons. The summed E-state index contributed by atoms with van der Waals surface area (Å²) in [4.78, 5) is 11.3. The Balaban J connectivity index is 2.62. The van der Waals surface area contributed by atoms with Crippen molar-refractivity contribution in [1.29, 1.82) is 0 Å². The zero-order valence-electron chi connectivity index (χ0n) is 9.86. The Hall–Kier alpha value is -1.49. The smallest absolute Gasteiger partial charge is 0.181 e. The van der Waals surface area contributed by atoms with Gasteiger partial charge in [0.05, 0.1) is 11.4 Å². The lowest BCUT2D eigenvalue weighted by Gasteiger charge is -2.07. The van der Waals surface area contributed by atoms with Crippen molar-refractivity contribution in [3.63, 3.8) is 0 Å². The van der Waals surface area contributed by atoms with Crippen molar-refractivity contribution in [1.82, 2.24) is 15.0 Å². The van der Waals surface area contributed by atoms with Gasteiger partial charge >= 0.3 is 0 Å². The number of rotatable bonds is 2. The zero-order valence-corrected chi connectivity index (χ0v) is 11.4. The third-order valence-electron chi connectivity index (χ3n) is 2.63. The molecule has 0 aliphatic carbocycles. The van der Waals surface area contributed by atoms with E-state index in [1.165, 1.54) is 6.92 Å². The fourth-order valence-corrected chi connectivity index (χ4v) is 2.11. The molecule has 2 aromatic rings. The van der Waals surface area contributed by atoms with Crippen molar-refractivity contribution >= 4 is 21.7 Å². The Labute approximate surface area is 108 Å². The van der Waals surface area contributed by atoms with Gasteiger partial charge in [-0.25, -0.2) is 4.68 Å². The number of hydrogen-bond acceptors (Lipinski definition) is 3. The largest absolute Gasteiger partial charge is 0.293 e. The van der Waals surface area contributed by atoms with Gasteiger partial charge in [0.2, 0.25) is 0 Å². The molecule has 88 valence electrons. The number of carbonyl (C=O) groups is 1. The monoisotopic (exact) mass is 293 g/mol. The van der Waals surface area contributed by atoms with Gasteiger partial charge < -0.3 is 0 Å². The van der Waals surface area contributed by atoms with Crippen molar-refractivity contribution in [2.75, 3.05) is 0 Å². The average Bonchev–Trinajstić information content (AvgIpc) is 2.64. The van der Waals surface area contributed by atoms with E-state index < -0.39 is 0 Å². The lowest BCUT2D eigenvalue weighted by molar-refractivity contribution is 0.101. The molecule has 1 aromatic heterocycles. The van der Waals surface area contributed by atoms with Gasteiger partial charge in [0.15, 0.2) is 11.5 Å². The molecular formula is C12H12BrN3O. The second-order valence-corrected chi connectivity index (χ2v) is 4.69. The van der Waals surface area contributed by atoms with Crippen molar-refractivity contribution in [2.45, 2.75) is 20.8 Å². The van der Waals surface area contributed by atoms with Crippen LogP contribution in [0.3, 0.4) is 0 Å². The van der Waals surface area contributed by atoms with E-state index in [4.69, 9.17) is 0 Å². The Morgan fingerprint density at radius 3 is 2.65 bits per heavy atom. The van der Waals surface area contributed by atoms with Crippen LogP contribution in [0.4, 0.5) is 0 Å². The maximum Gasteiger partial charge on any atom is 0.181 e. The number of halogens is 1. The second-order valence-electron chi connectivity index (χ2n) is 3.90. The Kier molecular flexibility index (Phi) is 3.11. The number of Topliss-reactive ketones (excluding diaryl/α,β-unsaturated/α-hetero) is 1. The highest BCUT2D eigenvalue weighted by molar-refractivity contribution is 9.10. The third-order valence-corrected chi connectivity index (χ3v) is 3.66. The molecule has 2 rings (SSSR count). The maximum atomic E-state index is 11.3.